The molecular formula is C23H23N3O2S. The Bertz CT molecular complexity index is 987. The van der Waals surface area contributed by atoms with Crippen molar-refractivity contribution in [1.82, 2.24) is 9.88 Å². The van der Waals surface area contributed by atoms with Gasteiger partial charge in [-0.1, -0.05) is 30.3 Å². The normalized spacial score (nSPS) is 19.1. The Morgan fingerprint density at radius 2 is 1.86 bits per heavy atom. The average Bonchev–Trinajstić information content (AvgIpc) is 3.29. The van der Waals surface area contributed by atoms with Crippen molar-refractivity contribution in [2.75, 3.05) is 13.1 Å². The minimum Gasteiger partial charge on any atom is -0.369 e. The lowest BCUT2D eigenvalue weighted by Crippen LogP contribution is -2.53. The van der Waals surface area contributed by atoms with Crippen LogP contribution in [0, 0.1) is 5.41 Å². The number of carbonyl (C=O) groups is 2. The molecule has 1 aliphatic heterocycles. The van der Waals surface area contributed by atoms with E-state index in [9.17, 15) is 9.59 Å². The molecule has 3 aromatic rings. The van der Waals surface area contributed by atoms with E-state index in [0.29, 0.717) is 31.5 Å². The number of hydrogen-bond acceptors (Lipinski definition) is 4. The number of amides is 2. The second-order valence-electron chi connectivity index (χ2n) is 7.56. The van der Waals surface area contributed by atoms with Gasteiger partial charge in [0.15, 0.2) is 0 Å². The number of carbonyl (C=O) groups excluding carboxylic acids is 2. The maximum absolute atomic E-state index is 12.9. The minimum atomic E-state index is -0.745. The van der Waals surface area contributed by atoms with E-state index < -0.39 is 5.41 Å². The van der Waals surface area contributed by atoms with Crippen LogP contribution in [-0.2, 0) is 11.2 Å². The van der Waals surface area contributed by atoms with Crippen molar-refractivity contribution < 1.29 is 9.59 Å². The van der Waals surface area contributed by atoms with Crippen LogP contribution in [0.1, 0.15) is 28.8 Å². The Balaban J connectivity index is 1.54. The van der Waals surface area contributed by atoms with E-state index in [1.165, 1.54) is 4.88 Å². The van der Waals surface area contributed by atoms with Gasteiger partial charge in [-0.15, -0.1) is 11.3 Å². The Kier molecular flexibility index (Phi) is 5.45. The Labute approximate surface area is 174 Å². The largest absolute Gasteiger partial charge is 0.369 e. The lowest BCUT2D eigenvalue weighted by atomic mass is 9.74. The minimum absolute atomic E-state index is 0.0780. The highest BCUT2D eigenvalue weighted by molar-refractivity contribution is 7.13. The van der Waals surface area contributed by atoms with Crippen LogP contribution in [0.15, 0.2) is 66.3 Å². The number of likely N-dealkylation sites (tertiary alicyclic amines) is 1. The molecule has 3 heterocycles. The van der Waals surface area contributed by atoms with Gasteiger partial charge in [0.05, 0.1) is 5.41 Å². The van der Waals surface area contributed by atoms with Crippen LogP contribution in [0.3, 0.4) is 0 Å². The number of nitrogens with two attached hydrogens (primary N) is 1. The predicted molar refractivity (Wildman–Crippen MR) is 114 cm³/mol. The summed E-state index contributed by atoms with van der Waals surface area (Å²) in [5.41, 5.74) is 7.93. The van der Waals surface area contributed by atoms with E-state index in [4.69, 9.17) is 5.73 Å². The van der Waals surface area contributed by atoms with Gasteiger partial charge in [-0.2, -0.15) is 0 Å². The van der Waals surface area contributed by atoms with Crippen molar-refractivity contribution in [1.29, 1.82) is 0 Å². The highest BCUT2D eigenvalue weighted by atomic mass is 32.1. The number of thiophene rings is 1. The average molecular weight is 406 g/mol. The molecule has 4 rings (SSSR count). The smallest absolute Gasteiger partial charge is 0.253 e. The van der Waals surface area contributed by atoms with Crippen molar-refractivity contribution in [2.45, 2.75) is 19.3 Å². The molecule has 6 heteroatoms. The van der Waals surface area contributed by atoms with Gasteiger partial charge in [0.1, 0.15) is 0 Å². The summed E-state index contributed by atoms with van der Waals surface area (Å²) in [4.78, 5) is 32.3. The van der Waals surface area contributed by atoms with Crippen LogP contribution < -0.4 is 5.73 Å². The van der Waals surface area contributed by atoms with E-state index in [1.807, 2.05) is 6.07 Å². The van der Waals surface area contributed by atoms with Crippen LogP contribution in [0.5, 0.6) is 0 Å². The first-order valence-electron chi connectivity index (χ1n) is 9.69. The highest BCUT2D eigenvalue weighted by Crippen LogP contribution is 2.35. The van der Waals surface area contributed by atoms with Crippen LogP contribution in [0.2, 0.25) is 0 Å². The molecule has 2 aromatic heterocycles. The molecule has 0 bridgehead atoms. The van der Waals surface area contributed by atoms with Crippen LogP contribution in [0.4, 0.5) is 0 Å². The molecule has 0 saturated carbocycles. The second-order valence-corrected chi connectivity index (χ2v) is 8.51. The van der Waals surface area contributed by atoms with Crippen molar-refractivity contribution in [3.63, 3.8) is 0 Å². The number of nitrogens with zero attached hydrogens (tertiary/aromatic N) is 2. The first-order chi connectivity index (χ1) is 14.1. The summed E-state index contributed by atoms with van der Waals surface area (Å²) in [6, 6.07) is 15.8. The molecule has 1 aliphatic rings. The number of primary amides is 1. The number of aromatic nitrogens is 1. The monoisotopic (exact) mass is 405 g/mol. The van der Waals surface area contributed by atoms with Crippen molar-refractivity contribution >= 4 is 23.2 Å². The van der Waals surface area contributed by atoms with Crippen LogP contribution in [0.25, 0.3) is 10.4 Å². The number of pyridine rings is 1. The molecule has 1 fully saturated rings. The van der Waals surface area contributed by atoms with Gasteiger partial charge in [-0.25, -0.2) is 0 Å². The molecule has 1 aromatic carbocycles. The Morgan fingerprint density at radius 1 is 1.10 bits per heavy atom. The molecule has 1 unspecified atom stereocenters. The number of hydrogen-bond donors (Lipinski definition) is 1. The Morgan fingerprint density at radius 3 is 2.52 bits per heavy atom. The van der Waals surface area contributed by atoms with E-state index >= 15 is 0 Å². The third-order valence-electron chi connectivity index (χ3n) is 5.62. The molecule has 29 heavy (non-hydrogen) atoms. The number of piperidine rings is 1. The molecule has 1 saturated heterocycles. The molecule has 148 valence electrons. The molecule has 2 N–H and O–H groups in total. The second kappa shape index (κ2) is 8.17. The fourth-order valence-corrected chi connectivity index (χ4v) is 4.77. The zero-order chi connectivity index (χ0) is 20.3. The van der Waals surface area contributed by atoms with Crippen molar-refractivity contribution in [2.24, 2.45) is 11.1 Å². The molecular weight excluding hydrogens is 382 g/mol. The lowest BCUT2D eigenvalue weighted by Gasteiger charge is -2.41. The van der Waals surface area contributed by atoms with Gasteiger partial charge in [-0.05, 0) is 54.0 Å². The first kappa shape index (κ1) is 19.3. The molecule has 0 radical (unpaired) electrons. The summed E-state index contributed by atoms with van der Waals surface area (Å²) in [6.07, 6.45) is 5.19. The molecule has 0 spiro atoms. The summed E-state index contributed by atoms with van der Waals surface area (Å²) in [5.74, 6) is -0.419. The van der Waals surface area contributed by atoms with Crippen LogP contribution >= 0.6 is 11.3 Å². The SMILES string of the molecule is NC(=O)C1(Cc2ccc(-c3cccs3)cc2)CCCN(C(=O)c2ccncc2)C1. The van der Waals surface area contributed by atoms with E-state index in [1.54, 1.807) is 40.8 Å². The molecule has 0 aliphatic carbocycles. The Hall–Kier alpha value is -2.99. The van der Waals surface area contributed by atoms with Gasteiger partial charge < -0.3 is 10.6 Å². The summed E-state index contributed by atoms with van der Waals surface area (Å²) in [6.45, 7) is 0.976. The van der Waals surface area contributed by atoms with Gasteiger partial charge in [0, 0.05) is 35.9 Å². The zero-order valence-corrected chi connectivity index (χ0v) is 16.9. The third-order valence-corrected chi connectivity index (χ3v) is 6.54. The fraction of sp³-hybridized carbons (Fsp3) is 0.261. The molecule has 5 nitrogen and oxygen atoms in total. The summed E-state index contributed by atoms with van der Waals surface area (Å²) in [5, 5.41) is 2.06. The zero-order valence-electron chi connectivity index (χ0n) is 16.1. The van der Waals surface area contributed by atoms with Crippen molar-refractivity contribution in [3.05, 3.63) is 77.4 Å². The van der Waals surface area contributed by atoms with Gasteiger partial charge in [-0.3, -0.25) is 14.6 Å². The number of benzene rings is 1. The fourth-order valence-electron chi connectivity index (χ4n) is 4.04. The third kappa shape index (κ3) is 4.07. The van der Waals surface area contributed by atoms with E-state index in [-0.39, 0.29) is 11.8 Å². The summed E-state index contributed by atoms with van der Waals surface area (Å²) in [7, 11) is 0. The van der Waals surface area contributed by atoms with Gasteiger partial charge in [0.2, 0.25) is 5.91 Å². The summed E-state index contributed by atoms with van der Waals surface area (Å²) < 4.78 is 0. The van der Waals surface area contributed by atoms with Gasteiger partial charge >= 0.3 is 0 Å². The maximum atomic E-state index is 12.9. The quantitative estimate of drug-likeness (QED) is 0.702. The maximum Gasteiger partial charge on any atom is 0.253 e. The standard InChI is InChI=1S/C23H23N3O2S/c24-22(28)23(15-17-4-6-18(7-5-17)20-3-1-14-29-20)10-2-13-26(16-23)21(27)19-8-11-25-12-9-19/h1,3-9,11-12,14H,2,10,13,15-16H2,(H2,24,28). The highest BCUT2D eigenvalue weighted by Gasteiger charge is 2.42. The van der Waals surface area contributed by atoms with Crippen LogP contribution in [-0.4, -0.2) is 34.8 Å². The lowest BCUT2D eigenvalue weighted by molar-refractivity contribution is -0.130. The molecule has 1 atom stereocenters. The first-order valence-corrected chi connectivity index (χ1v) is 10.6. The van der Waals surface area contributed by atoms with Crippen molar-refractivity contribution in [3.8, 4) is 10.4 Å². The topological polar surface area (TPSA) is 76.3 Å². The van der Waals surface area contributed by atoms with Gasteiger partial charge in [0.25, 0.3) is 5.91 Å². The predicted octanol–water partition coefficient (Wildman–Crippen LogP) is 3.76. The number of rotatable bonds is 5. The summed E-state index contributed by atoms with van der Waals surface area (Å²) >= 11 is 1.70. The molecule has 2 amide bonds. The van der Waals surface area contributed by atoms with E-state index in [2.05, 4.69) is 40.7 Å². The van der Waals surface area contributed by atoms with E-state index in [0.717, 1.165) is 17.5 Å².